The van der Waals surface area contributed by atoms with Crippen LogP contribution in [0.3, 0.4) is 0 Å². The van der Waals surface area contributed by atoms with Crippen LogP contribution in [0.2, 0.25) is 0 Å². The highest BCUT2D eigenvalue weighted by molar-refractivity contribution is 7.91. The minimum Gasteiger partial charge on any atom is -0.480 e. The van der Waals surface area contributed by atoms with Gasteiger partial charge in [-0.15, -0.1) is 0 Å². The Kier molecular flexibility index (Phi) is 4.45. The number of carbonyl (C=O) groups is 1. The normalized spacial score (nSPS) is 21.2. The van der Waals surface area contributed by atoms with E-state index in [0.29, 0.717) is 13.0 Å². The summed E-state index contributed by atoms with van der Waals surface area (Å²) in [4.78, 5) is 12.8. The van der Waals surface area contributed by atoms with E-state index in [0.717, 1.165) is 11.1 Å². The smallest absolute Gasteiger partial charge is 0.317 e. The Labute approximate surface area is 119 Å². The molecule has 1 saturated heterocycles. The summed E-state index contributed by atoms with van der Waals surface area (Å²) in [5.41, 5.74) is 2.13. The molecule has 1 atom stereocenters. The molecule has 1 aromatic rings. The number of carboxylic acid groups (broad SMARTS) is 1. The summed E-state index contributed by atoms with van der Waals surface area (Å²) in [5, 5.41) is 9.03. The topological polar surface area (TPSA) is 74.7 Å². The van der Waals surface area contributed by atoms with E-state index >= 15 is 0 Å². The molecule has 0 saturated carbocycles. The molecule has 1 aliphatic heterocycles. The molecule has 0 spiro atoms. The van der Waals surface area contributed by atoms with Gasteiger partial charge in [0.2, 0.25) is 0 Å². The van der Waals surface area contributed by atoms with Crippen molar-refractivity contribution in [2.75, 3.05) is 18.1 Å². The van der Waals surface area contributed by atoms with Crippen LogP contribution in [0.5, 0.6) is 0 Å². The maximum absolute atomic E-state index is 11.6. The largest absolute Gasteiger partial charge is 0.480 e. The Bertz CT molecular complexity index is 597. The number of carboxylic acids is 1. The predicted molar refractivity (Wildman–Crippen MR) is 76.3 cm³/mol. The van der Waals surface area contributed by atoms with Crippen molar-refractivity contribution < 1.29 is 18.3 Å². The zero-order valence-electron chi connectivity index (χ0n) is 11.4. The first kappa shape index (κ1) is 15.0. The molecule has 1 unspecified atom stereocenters. The van der Waals surface area contributed by atoms with E-state index < -0.39 is 15.8 Å². The molecule has 5 nitrogen and oxygen atoms in total. The average molecular weight is 297 g/mol. The Balaban J connectivity index is 2.16. The number of aliphatic carboxylic acids is 1. The highest BCUT2D eigenvalue weighted by Crippen LogP contribution is 2.21. The molecule has 0 amide bonds. The van der Waals surface area contributed by atoms with Crippen molar-refractivity contribution in [2.24, 2.45) is 0 Å². The maximum atomic E-state index is 11.6. The van der Waals surface area contributed by atoms with Crippen LogP contribution in [-0.4, -0.2) is 48.5 Å². The van der Waals surface area contributed by atoms with E-state index in [1.807, 2.05) is 31.2 Å². The van der Waals surface area contributed by atoms with E-state index in [4.69, 9.17) is 5.11 Å². The number of sulfone groups is 1. The van der Waals surface area contributed by atoms with Crippen molar-refractivity contribution in [3.8, 4) is 0 Å². The molecule has 1 aromatic carbocycles. The van der Waals surface area contributed by atoms with Crippen LogP contribution in [0, 0.1) is 6.92 Å². The minimum atomic E-state index is -3.01. The second-order valence-electron chi connectivity index (χ2n) is 5.28. The van der Waals surface area contributed by atoms with Crippen LogP contribution in [0.25, 0.3) is 0 Å². The fourth-order valence-corrected chi connectivity index (χ4v) is 4.32. The molecule has 1 heterocycles. The molecule has 110 valence electrons. The molecular formula is C14H19NO4S. The number of hydrogen-bond donors (Lipinski definition) is 1. The Hall–Kier alpha value is -1.40. The SMILES string of the molecule is Cc1ccccc1CN(CC(=O)O)C1CCS(=O)(=O)C1. The molecule has 2 rings (SSSR count). The van der Waals surface area contributed by atoms with Gasteiger partial charge in [0.15, 0.2) is 9.84 Å². The van der Waals surface area contributed by atoms with Gasteiger partial charge in [-0.2, -0.15) is 0 Å². The summed E-state index contributed by atoms with van der Waals surface area (Å²) < 4.78 is 23.2. The van der Waals surface area contributed by atoms with Gasteiger partial charge >= 0.3 is 5.97 Å². The number of benzene rings is 1. The van der Waals surface area contributed by atoms with E-state index in [1.165, 1.54) is 0 Å². The average Bonchev–Trinajstić information content (AvgIpc) is 2.71. The Morgan fingerprint density at radius 1 is 1.40 bits per heavy atom. The number of aryl methyl sites for hydroxylation is 1. The zero-order valence-corrected chi connectivity index (χ0v) is 12.3. The first-order chi connectivity index (χ1) is 9.37. The van der Waals surface area contributed by atoms with Gasteiger partial charge in [-0.25, -0.2) is 8.42 Å². The van der Waals surface area contributed by atoms with Gasteiger partial charge in [0, 0.05) is 12.6 Å². The summed E-state index contributed by atoms with van der Waals surface area (Å²) in [6.45, 7) is 2.31. The van der Waals surface area contributed by atoms with Gasteiger partial charge in [-0.1, -0.05) is 24.3 Å². The van der Waals surface area contributed by atoms with Gasteiger partial charge in [0.25, 0.3) is 0 Å². The standard InChI is InChI=1S/C14H19NO4S/c1-11-4-2-3-5-12(11)8-15(9-14(16)17)13-6-7-20(18,19)10-13/h2-5,13H,6-10H2,1H3,(H,16,17). The molecule has 1 fully saturated rings. The first-order valence-corrected chi connectivity index (χ1v) is 8.40. The predicted octanol–water partition coefficient (Wildman–Crippen LogP) is 1.07. The second kappa shape index (κ2) is 5.93. The number of hydrogen-bond acceptors (Lipinski definition) is 4. The molecule has 20 heavy (non-hydrogen) atoms. The molecule has 1 aliphatic rings. The van der Waals surface area contributed by atoms with Crippen LogP contribution in [-0.2, 0) is 21.2 Å². The molecule has 0 aromatic heterocycles. The quantitative estimate of drug-likeness (QED) is 0.880. The highest BCUT2D eigenvalue weighted by atomic mass is 32.2. The monoisotopic (exact) mass is 297 g/mol. The third-order valence-corrected chi connectivity index (χ3v) is 5.45. The summed E-state index contributed by atoms with van der Waals surface area (Å²) in [5.74, 6) is -0.712. The van der Waals surface area contributed by atoms with Crippen LogP contribution < -0.4 is 0 Å². The number of nitrogens with zero attached hydrogens (tertiary/aromatic N) is 1. The molecule has 6 heteroatoms. The Morgan fingerprint density at radius 3 is 2.65 bits per heavy atom. The molecule has 0 bridgehead atoms. The van der Waals surface area contributed by atoms with E-state index in [1.54, 1.807) is 4.90 Å². The van der Waals surface area contributed by atoms with Gasteiger partial charge in [-0.05, 0) is 24.5 Å². The van der Waals surface area contributed by atoms with Crippen LogP contribution in [0.4, 0.5) is 0 Å². The van der Waals surface area contributed by atoms with Gasteiger partial charge in [-0.3, -0.25) is 9.69 Å². The summed E-state index contributed by atoms with van der Waals surface area (Å²) in [6, 6.07) is 7.57. The van der Waals surface area contributed by atoms with Crippen molar-refractivity contribution >= 4 is 15.8 Å². The summed E-state index contributed by atoms with van der Waals surface area (Å²) in [7, 11) is -3.01. The van der Waals surface area contributed by atoms with Crippen molar-refractivity contribution in [3.05, 3.63) is 35.4 Å². The lowest BCUT2D eigenvalue weighted by Crippen LogP contribution is -2.39. The lowest BCUT2D eigenvalue weighted by atomic mass is 10.1. The van der Waals surface area contributed by atoms with Crippen molar-refractivity contribution in [1.82, 2.24) is 4.90 Å². The van der Waals surface area contributed by atoms with Crippen LogP contribution in [0.1, 0.15) is 17.5 Å². The molecule has 0 radical (unpaired) electrons. The van der Waals surface area contributed by atoms with Crippen molar-refractivity contribution in [3.63, 3.8) is 0 Å². The van der Waals surface area contributed by atoms with E-state index in [9.17, 15) is 13.2 Å². The fraction of sp³-hybridized carbons (Fsp3) is 0.500. The number of rotatable bonds is 5. The minimum absolute atomic E-state index is 0.0617. The summed E-state index contributed by atoms with van der Waals surface area (Å²) in [6.07, 6.45) is 0.515. The first-order valence-electron chi connectivity index (χ1n) is 6.58. The zero-order chi connectivity index (χ0) is 14.8. The van der Waals surface area contributed by atoms with E-state index in [2.05, 4.69) is 0 Å². The maximum Gasteiger partial charge on any atom is 0.317 e. The van der Waals surface area contributed by atoms with Crippen molar-refractivity contribution in [1.29, 1.82) is 0 Å². The molecular weight excluding hydrogens is 278 g/mol. The highest BCUT2D eigenvalue weighted by Gasteiger charge is 2.33. The van der Waals surface area contributed by atoms with Crippen molar-refractivity contribution in [2.45, 2.75) is 25.9 Å². The fourth-order valence-electron chi connectivity index (χ4n) is 2.56. The Morgan fingerprint density at radius 2 is 2.10 bits per heavy atom. The van der Waals surface area contributed by atoms with Gasteiger partial charge in [0.1, 0.15) is 0 Å². The molecule has 1 N–H and O–H groups in total. The lowest BCUT2D eigenvalue weighted by Gasteiger charge is -2.26. The van der Waals surface area contributed by atoms with Crippen LogP contribution in [0.15, 0.2) is 24.3 Å². The molecule has 0 aliphatic carbocycles. The second-order valence-corrected chi connectivity index (χ2v) is 7.51. The van der Waals surface area contributed by atoms with Gasteiger partial charge in [0.05, 0.1) is 18.1 Å². The summed E-state index contributed by atoms with van der Waals surface area (Å²) >= 11 is 0. The van der Waals surface area contributed by atoms with E-state index in [-0.39, 0.29) is 24.1 Å². The lowest BCUT2D eigenvalue weighted by molar-refractivity contribution is -0.139. The third-order valence-electron chi connectivity index (χ3n) is 3.70. The van der Waals surface area contributed by atoms with Crippen LogP contribution >= 0.6 is 0 Å². The van der Waals surface area contributed by atoms with Gasteiger partial charge < -0.3 is 5.11 Å². The third kappa shape index (κ3) is 3.80.